The lowest BCUT2D eigenvalue weighted by Gasteiger charge is -2.47. The molecule has 9 rings (SSSR count). The quantitative estimate of drug-likeness (QED) is 0.0778. The maximum Gasteiger partial charge on any atom is 0.255 e. The van der Waals surface area contributed by atoms with Crippen LogP contribution in [0.15, 0.2) is 54.6 Å². The molecule has 6 atom stereocenters. The summed E-state index contributed by atoms with van der Waals surface area (Å²) >= 11 is 0. The van der Waals surface area contributed by atoms with Crippen molar-refractivity contribution in [3.63, 3.8) is 0 Å². The summed E-state index contributed by atoms with van der Waals surface area (Å²) in [7, 11) is -4.00. The van der Waals surface area contributed by atoms with Crippen LogP contribution < -0.4 is 14.2 Å². The summed E-state index contributed by atoms with van der Waals surface area (Å²) in [6.07, 6.45) is -0.320. The number of benzene rings is 3. The van der Waals surface area contributed by atoms with Gasteiger partial charge in [-0.15, -0.1) is 0 Å². The van der Waals surface area contributed by atoms with E-state index in [-0.39, 0.29) is 24.3 Å². The van der Waals surface area contributed by atoms with Crippen LogP contribution in [-0.4, -0.2) is 121 Å². The summed E-state index contributed by atoms with van der Waals surface area (Å²) in [5, 5.41) is 29.2. The first-order valence-corrected chi connectivity index (χ1v) is 25.9. The number of likely N-dealkylation sites (tertiary alicyclic amines) is 3. The molecule has 0 aliphatic carbocycles. The van der Waals surface area contributed by atoms with Gasteiger partial charge in [-0.3, -0.25) is 23.5 Å². The molecule has 6 unspecified atom stereocenters. The van der Waals surface area contributed by atoms with Gasteiger partial charge in [-0.2, -0.15) is 15.8 Å². The largest absolute Gasteiger partial charge is 0.490 e. The Morgan fingerprint density at radius 1 is 0.592 bits per heavy atom. The average Bonchev–Trinajstić information content (AvgIpc) is 4.11. The van der Waals surface area contributed by atoms with Crippen molar-refractivity contribution in [2.24, 2.45) is 0 Å². The third kappa shape index (κ3) is 10.2. The first kappa shape index (κ1) is 49.9. The van der Waals surface area contributed by atoms with Crippen molar-refractivity contribution in [3.8, 4) is 35.5 Å². The molecule has 6 aliphatic heterocycles. The lowest BCUT2D eigenvalue weighted by molar-refractivity contribution is -0.179. The van der Waals surface area contributed by atoms with E-state index in [0.717, 1.165) is 0 Å². The molecule has 0 saturated carbocycles. The molecule has 6 heterocycles. The number of nitriles is 3. The van der Waals surface area contributed by atoms with E-state index in [4.69, 9.17) is 42.4 Å². The molecule has 6 aliphatic rings. The second kappa shape index (κ2) is 20.6. The van der Waals surface area contributed by atoms with E-state index < -0.39 is 88.1 Å². The molecule has 3 aromatic rings. The van der Waals surface area contributed by atoms with E-state index in [9.17, 15) is 34.7 Å². The lowest BCUT2D eigenvalue weighted by atomic mass is 9.85. The fourth-order valence-corrected chi connectivity index (χ4v) is 11.8. The minimum atomic E-state index is -4.00. The molecule has 0 spiro atoms. The number of carbonyl (C=O) groups is 3. The van der Waals surface area contributed by atoms with Crippen molar-refractivity contribution < 1.29 is 61.4 Å². The van der Waals surface area contributed by atoms with Crippen LogP contribution >= 0.6 is 7.37 Å². The maximum atomic E-state index is 15.0. The van der Waals surface area contributed by atoms with Crippen LogP contribution in [-0.2, 0) is 47.2 Å². The van der Waals surface area contributed by atoms with Crippen LogP contribution in [0.1, 0.15) is 118 Å². The molecule has 0 N–H and O–H groups in total. The van der Waals surface area contributed by atoms with Gasteiger partial charge in [0.25, 0.3) is 7.37 Å². The Balaban J connectivity index is 0.929. The highest BCUT2D eigenvalue weighted by atomic mass is 31.2. The van der Waals surface area contributed by atoms with Crippen LogP contribution in [0.25, 0.3) is 0 Å². The molecule has 0 radical (unpaired) electrons. The zero-order valence-electron chi connectivity index (χ0n) is 40.2. The molecule has 3 aromatic carbocycles. The fourth-order valence-electron chi connectivity index (χ4n) is 10.7. The Hall–Kier alpha value is -6.07. The van der Waals surface area contributed by atoms with Gasteiger partial charge in [0.15, 0.2) is 6.79 Å². The molecular weight excluding hydrogens is 936 g/mol. The van der Waals surface area contributed by atoms with Gasteiger partial charge in [0.05, 0.1) is 53.0 Å². The standard InChI is InChI=1S/C51H57N6O13P/c1-50(2)48(46(56-18-6-9-43(56)59)36-21-33(24-53)12-15-39(36)69-50)66-27-62-30-71(61,68-29-65-41-26-64-38-14-11-32(23-52)20-35(38)45(41)55-17-5-8-42(55)58)31-63-28-67-49-47(57-19-7-10-44(57)60)37-22-34(25-54)13-16-40(37)70-51(49,3)4/h11-16,20-22,41,45-49H,5-10,17-19,26-31H2,1-4H3. The van der Waals surface area contributed by atoms with Crippen molar-refractivity contribution in [1.82, 2.24) is 14.7 Å². The summed E-state index contributed by atoms with van der Waals surface area (Å²) in [5.41, 5.74) is 1.09. The van der Waals surface area contributed by atoms with Gasteiger partial charge < -0.3 is 52.6 Å². The van der Waals surface area contributed by atoms with E-state index in [2.05, 4.69) is 18.2 Å². The molecule has 0 bridgehead atoms. The van der Waals surface area contributed by atoms with Crippen molar-refractivity contribution in [2.75, 3.05) is 59.3 Å². The maximum absolute atomic E-state index is 15.0. The van der Waals surface area contributed by atoms with Gasteiger partial charge in [0.2, 0.25) is 17.7 Å². The minimum Gasteiger partial charge on any atom is -0.490 e. The first-order chi connectivity index (χ1) is 34.1. The molecule has 71 heavy (non-hydrogen) atoms. The van der Waals surface area contributed by atoms with Crippen molar-refractivity contribution in [3.05, 3.63) is 88.0 Å². The number of amides is 3. The highest BCUT2D eigenvalue weighted by Crippen LogP contribution is 2.50. The van der Waals surface area contributed by atoms with Gasteiger partial charge in [-0.05, 0) is 102 Å². The van der Waals surface area contributed by atoms with Crippen molar-refractivity contribution in [1.29, 1.82) is 15.8 Å². The number of rotatable bonds is 17. The summed E-state index contributed by atoms with van der Waals surface area (Å²) in [4.78, 5) is 44.9. The second-order valence-electron chi connectivity index (χ2n) is 19.6. The summed E-state index contributed by atoms with van der Waals surface area (Å²) < 4.78 is 71.1. The van der Waals surface area contributed by atoms with Crippen LogP contribution in [0, 0.1) is 34.0 Å². The number of carbonyl (C=O) groups excluding carboxylic acids is 3. The van der Waals surface area contributed by atoms with Crippen molar-refractivity contribution in [2.45, 2.75) is 114 Å². The average molecular weight is 993 g/mol. The Morgan fingerprint density at radius 2 is 1.00 bits per heavy atom. The van der Waals surface area contributed by atoms with Gasteiger partial charge >= 0.3 is 0 Å². The number of hydrogen-bond donors (Lipinski definition) is 0. The second-order valence-corrected chi connectivity index (χ2v) is 22.0. The molecule has 3 saturated heterocycles. The van der Waals surface area contributed by atoms with Gasteiger partial charge in [-0.25, -0.2) is 0 Å². The minimum absolute atomic E-state index is 0.0352. The van der Waals surface area contributed by atoms with Crippen LogP contribution in [0.3, 0.4) is 0 Å². The molecule has 0 aromatic heterocycles. The van der Waals surface area contributed by atoms with Crippen LogP contribution in [0.2, 0.25) is 0 Å². The van der Waals surface area contributed by atoms with Gasteiger partial charge in [0.1, 0.15) is 79.7 Å². The summed E-state index contributed by atoms with van der Waals surface area (Å²) in [6, 6.07) is 19.8. The number of nitrogens with zero attached hydrogens (tertiary/aromatic N) is 6. The zero-order valence-corrected chi connectivity index (χ0v) is 41.1. The molecule has 3 fully saturated rings. The smallest absolute Gasteiger partial charge is 0.255 e. The number of ether oxygens (including phenoxy) is 8. The Morgan fingerprint density at radius 3 is 1.41 bits per heavy atom. The highest BCUT2D eigenvalue weighted by Gasteiger charge is 2.51. The number of fused-ring (bicyclic) bond motifs is 3. The Bertz CT molecular complexity index is 2610. The van der Waals surface area contributed by atoms with Crippen molar-refractivity contribution >= 4 is 25.1 Å². The van der Waals surface area contributed by atoms with E-state index >= 15 is 0 Å². The van der Waals surface area contributed by atoms with E-state index in [1.807, 2.05) is 27.7 Å². The Kier molecular flexibility index (Phi) is 14.5. The predicted molar refractivity (Wildman–Crippen MR) is 249 cm³/mol. The molecular formula is C51H57N6O13P. The molecule has 3 amide bonds. The number of hydrogen-bond acceptors (Lipinski definition) is 16. The van der Waals surface area contributed by atoms with Crippen LogP contribution in [0.4, 0.5) is 0 Å². The predicted octanol–water partition coefficient (Wildman–Crippen LogP) is 6.70. The van der Waals surface area contributed by atoms with E-state index in [0.29, 0.717) is 109 Å². The monoisotopic (exact) mass is 992 g/mol. The third-order valence-electron chi connectivity index (χ3n) is 14.0. The van der Waals surface area contributed by atoms with E-state index in [1.54, 1.807) is 69.3 Å². The fraction of sp³-hybridized carbons (Fsp3) is 0.529. The normalized spacial score (nSPS) is 25.9. The molecule has 374 valence electrons. The summed E-state index contributed by atoms with van der Waals surface area (Å²) in [5.74, 6) is 1.40. The Labute approximate surface area is 412 Å². The topological polar surface area (TPSA) is 232 Å². The summed E-state index contributed by atoms with van der Waals surface area (Å²) in [6.45, 7) is 7.47. The third-order valence-corrected chi connectivity index (χ3v) is 15.7. The van der Waals surface area contributed by atoms with E-state index in [1.165, 1.54) is 0 Å². The molecule has 19 nitrogen and oxygen atoms in total. The highest BCUT2D eigenvalue weighted by molar-refractivity contribution is 7.58. The van der Waals surface area contributed by atoms with Crippen LogP contribution in [0.5, 0.6) is 17.2 Å². The molecule has 20 heteroatoms. The first-order valence-electron chi connectivity index (χ1n) is 23.9. The zero-order chi connectivity index (χ0) is 50.1. The SMILES string of the molecule is CC1(C)Oc2ccc(C#N)cc2C(N2CCCC2=O)C1OCOCP(=O)(COCOC1C(N2CCCC2=O)c2cc(C#N)ccc2OC1(C)C)OCOC1COc2ccc(C#N)cc2C1N1CCCC1=O. The van der Waals surface area contributed by atoms with Gasteiger partial charge in [-0.1, -0.05) is 0 Å². The van der Waals surface area contributed by atoms with Gasteiger partial charge in [0, 0.05) is 55.6 Å². The lowest BCUT2D eigenvalue weighted by Crippen LogP contribution is -2.55.